The van der Waals surface area contributed by atoms with E-state index in [9.17, 15) is 23.3 Å². The van der Waals surface area contributed by atoms with E-state index in [1.165, 1.54) is 17.1 Å². The first-order chi connectivity index (χ1) is 11.8. The molecule has 2 aromatic heterocycles. The van der Waals surface area contributed by atoms with Gasteiger partial charge in [-0.25, -0.2) is 4.98 Å². The highest BCUT2D eigenvalue weighted by atomic mass is 19.4. The van der Waals surface area contributed by atoms with Crippen molar-refractivity contribution in [3.05, 3.63) is 45.9 Å². The lowest BCUT2D eigenvalue weighted by Gasteiger charge is -2.33. The first kappa shape index (κ1) is 17.2. The highest BCUT2D eigenvalue weighted by Gasteiger charge is 2.34. The number of anilines is 1. The number of aryl methyl sites for hydroxylation is 1. The monoisotopic (exact) mass is 355 g/mol. The van der Waals surface area contributed by atoms with Crippen molar-refractivity contribution in [1.29, 1.82) is 0 Å². The molecule has 1 aliphatic heterocycles. The van der Waals surface area contributed by atoms with Crippen LogP contribution in [-0.4, -0.2) is 32.8 Å². The van der Waals surface area contributed by atoms with E-state index in [-0.39, 0.29) is 11.7 Å². The number of hydrogen-bond donors (Lipinski definition) is 0. The van der Waals surface area contributed by atoms with E-state index in [1.54, 1.807) is 13.0 Å². The Morgan fingerprint density at radius 3 is 2.76 bits per heavy atom. The number of alkyl halides is 3. The largest absolute Gasteiger partial charge is 0.435 e. The molecule has 0 amide bonds. The van der Waals surface area contributed by atoms with Crippen LogP contribution in [0.15, 0.2) is 24.5 Å². The molecule has 1 aliphatic rings. The molecule has 1 fully saturated rings. The van der Waals surface area contributed by atoms with Crippen LogP contribution in [0, 0.1) is 17.0 Å². The maximum Gasteiger partial charge on any atom is 0.435 e. The van der Waals surface area contributed by atoms with Crippen molar-refractivity contribution >= 4 is 11.5 Å². The summed E-state index contributed by atoms with van der Waals surface area (Å²) < 4.78 is 39.5. The van der Waals surface area contributed by atoms with Crippen molar-refractivity contribution < 1.29 is 18.1 Å². The molecule has 2 aromatic rings. The normalized spacial score (nSPS) is 18.4. The molecular formula is C15H16F3N5O2. The Morgan fingerprint density at radius 1 is 1.40 bits per heavy atom. The average Bonchev–Trinajstić information content (AvgIpc) is 3.05. The summed E-state index contributed by atoms with van der Waals surface area (Å²) in [6.45, 7) is 2.77. The number of pyridine rings is 1. The number of nitro groups is 1. The minimum atomic E-state index is -4.46. The third-order valence-corrected chi connectivity index (χ3v) is 4.26. The van der Waals surface area contributed by atoms with E-state index in [0.717, 1.165) is 12.5 Å². The van der Waals surface area contributed by atoms with Crippen molar-refractivity contribution in [2.24, 2.45) is 0 Å². The van der Waals surface area contributed by atoms with Crippen molar-refractivity contribution in [3.63, 3.8) is 0 Å². The Kier molecular flexibility index (Phi) is 4.36. The summed E-state index contributed by atoms with van der Waals surface area (Å²) in [6, 6.07) is 2.39. The molecule has 10 heteroatoms. The number of piperidine rings is 1. The summed E-state index contributed by atoms with van der Waals surface area (Å²) in [5.74, 6) is 0.580. The molecule has 1 unspecified atom stereocenters. The molecule has 25 heavy (non-hydrogen) atoms. The smallest absolute Gasteiger partial charge is 0.354 e. The second kappa shape index (κ2) is 6.34. The molecule has 0 N–H and O–H groups in total. The number of hydrogen-bond acceptors (Lipinski definition) is 5. The predicted molar refractivity (Wildman–Crippen MR) is 83.3 cm³/mol. The van der Waals surface area contributed by atoms with Crippen LogP contribution in [-0.2, 0) is 6.18 Å². The van der Waals surface area contributed by atoms with Gasteiger partial charge in [0.15, 0.2) is 5.69 Å². The minimum absolute atomic E-state index is 0.0563. The second-order valence-corrected chi connectivity index (χ2v) is 6.01. The van der Waals surface area contributed by atoms with E-state index >= 15 is 0 Å². The fourth-order valence-corrected chi connectivity index (χ4v) is 2.97. The fourth-order valence-electron chi connectivity index (χ4n) is 2.97. The molecule has 1 atom stereocenters. The van der Waals surface area contributed by atoms with Crippen LogP contribution in [0.25, 0.3) is 0 Å². The van der Waals surface area contributed by atoms with Gasteiger partial charge in [-0.3, -0.25) is 14.8 Å². The van der Waals surface area contributed by atoms with E-state index in [0.29, 0.717) is 30.9 Å². The van der Waals surface area contributed by atoms with Crippen molar-refractivity contribution in [1.82, 2.24) is 14.8 Å². The van der Waals surface area contributed by atoms with E-state index in [2.05, 4.69) is 10.1 Å². The highest BCUT2D eigenvalue weighted by molar-refractivity contribution is 5.49. The highest BCUT2D eigenvalue weighted by Crippen LogP contribution is 2.30. The first-order valence-corrected chi connectivity index (χ1v) is 7.74. The molecule has 0 saturated carbocycles. The number of rotatable bonds is 3. The third-order valence-electron chi connectivity index (χ3n) is 4.26. The summed E-state index contributed by atoms with van der Waals surface area (Å²) in [6.07, 6.45) is -0.433. The number of nitrogens with zero attached hydrogens (tertiary/aromatic N) is 5. The van der Waals surface area contributed by atoms with Gasteiger partial charge in [-0.2, -0.15) is 18.3 Å². The number of halogens is 3. The quantitative estimate of drug-likeness (QED) is 0.623. The van der Waals surface area contributed by atoms with Crippen LogP contribution in [0.2, 0.25) is 0 Å². The Bertz CT molecular complexity index is 790. The van der Waals surface area contributed by atoms with E-state index in [4.69, 9.17) is 0 Å². The molecular weight excluding hydrogens is 339 g/mol. The molecule has 0 aromatic carbocycles. The van der Waals surface area contributed by atoms with Gasteiger partial charge in [-0.05, 0) is 31.9 Å². The molecule has 0 radical (unpaired) electrons. The van der Waals surface area contributed by atoms with E-state index < -0.39 is 16.8 Å². The van der Waals surface area contributed by atoms with Gasteiger partial charge in [-0.15, -0.1) is 0 Å². The summed E-state index contributed by atoms with van der Waals surface area (Å²) in [5, 5.41) is 14.5. The standard InChI is InChI=1S/C15H16F3N5O2/c1-10-7-14(19-8-12(10)23(24)25)21-5-2-3-11(9-21)22-6-4-13(20-22)15(16,17)18/h4,6-8,11H,2-3,5,9H2,1H3. The van der Waals surface area contributed by atoms with Gasteiger partial charge < -0.3 is 4.90 Å². The van der Waals surface area contributed by atoms with Gasteiger partial charge in [0, 0.05) is 24.8 Å². The van der Waals surface area contributed by atoms with Gasteiger partial charge in [0.05, 0.1) is 11.0 Å². The zero-order valence-electron chi connectivity index (χ0n) is 13.4. The van der Waals surface area contributed by atoms with Crippen LogP contribution < -0.4 is 4.90 Å². The Hall–Kier alpha value is -2.65. The van der Waals surface area contributed by atoms with Crippen LogP contribution in [0.5, 0.6) is 0 Å². The van der Waals surface area contributed by atoms with Crippen LogP contribution in [0.3, 0.4) is 0 Å². The zero-order chi connectivity index (χ0) is 18.2. The minimum Gasteiger partial charge on any atom is -0.354 e. The van der Waals surface area contributed by atoms with Crippen molar-refractivity contribution in [2.75, 3.05) is 18.0 Å². The number of aromatic nitrogens is 3. The Labute approximate surface area is 141 Å². The van der Waals surface area contributed by atoms with Gasteiger partial charge in [0.2, 0.25) is 0 Å². The lowest BCUT2D eigenvalue weighted by molar-refractivity contribution is -0.385. The van der Waals surface area contributed by atoms with Crippen LogP contribution >= 0.6 is 0 Å². The summed E-state index contributed by atoms with van der Waals surface area (Å²) in [5.41, 5.74) is -0.469. The van der Waals surface area contributed by atoms with Crippen molar-refractivity contribution in [3.8, 4) is 0 Å². The average molecular weight is 355 g/mol. The maximum atomic E-state index is 12.7. The van der Waals surface area contributed by atoms with Crippen LogP contribution in [0.1, 0.15) is 30.1 Å². The Balaban J connectivity index is 1.78. The van der Waals surface area contributed by atoms with Gasteiger partial charge in [-0.1, -0.05) is 0 Å². The lowest BCUT2D eigenvalue weighted by Crippen LogP contribution is -2.37. The van der Waals surface area contributed by atoms with E-state index in [1.807, 2.05) is 4.90 Å². The van der Waals surface area contributed by atoms with Gasteiger partial charge in [0.25, 0.3) is 5.69 Å². The van der Waals surface area contributed by atoms with Crippen molar-refractivity contribution in [2.45, 2.75) is 32.0 Å². The molecule has 3 heterocycles. The molecule has 0 aliphatic carbocycles. The molecule has 1 saturated heterocycles. The molecule has 134 valence electrons. The Morgan fingerprint density at radius 2 is 2.16 bits per heavy atom. The van der Waals surface area contributed by atoms with Gasteiger partial charge >= 0.3 is 6.18 Å². The molecule has 7 nitrogen and oxygen atoms in total. The zero-order valence-corrected chi connectivity index (χ0v) is 13.4. The second-order valence-electron chi connectivity index (χ2n) is 6.01. The van der Waals surface area contributed by atoms with Crippen LogP contribution in [0.4, 0.5) is 24.7 Å². The summed E-state index contributed by atoms with van der Waals surface area (Å²) in [7, 11) is 0. The molecule has 0 spiro atoms. The SMILES string of the molecule is Cc1cc(N2CCCC(n3ccc(C(F)(F)F)n3)C2)ncc1[N+](=O)[O-]. The summed E-state index contributed by atoms with van der Waals surface area (Å²) in [4.78, 5) is 16.4. The predicted octanol–water partition coefficient (Wildman–Crippen LogP) is 3.36. The molecule has 3 rings (SSSR count). The third kappa shape index (κ3) is 3.57. The first-order valence-electron chi connectivity index (χ1n) is 7.74. The lowest BCUT2D eigenvalue weighted by atomic mass is 10.1. The maximum absolute atomic E-state index is 12.7. The molecule has 0 bridgehead atoms. The topological polar surface area (TPSA) is 77.1 Å². The van der Waals surface area contributed by atoms with Gasteiger partial charge in [0.1, 0.15) is 12.0 Å². The fraction of sp³-hybridized carbons (Fsp3) is 0.467. The summed E-state index contributed by atoms with van der Waals surface area (Å²) >= 11 is 0.